The number of rotatable bonds is 10. The molecule has 2 aromatic carbocycles. The van der Waals surface area contributed by atoms with Gasteiger partial charge in [-0.1, -0.05) is 42.0 Å². The number of aromatic nitrogens is 1. The topological polar surface area (TPSA) is 95.0 Å². The molecule has 1 heterocycles. The van der Waals surface area contributed by atoms with Crippen molar-refractivity contribution in [3.63, 3.8) is 0 Å². The molecule has 0 saturated carbocycles. The maximum atomic E-state index is 12.4. The minimum atomic E-state index is -3.83. The van der Waals surface area contributed by atoms with Crippen molar-refractivity contribution in [3.8, 4) is 5.88 Å². The van der Waals surface area contributed by atoms with Crippen molar-refractivity contribution in [2.45, 2.75) is 57.6 Å². The van der Waals surface area contributed by atoms with Crippen LogP contribution in [0.2, 0.25) is 0 Å². The fourth-order valence-corrected chi connectivity index (χ4v) is 4.48. The van der Waals surface area contributed by atoms with Gasteiger partial charge in [-0.05, 0) is 76.1 Å². The number of aryl methyl sites for hydroxylation is 1. The molecule has 1 amide bonds. The molecule has 0 spiro atoms. The highest BCUT2D eigenvalue weighted by molar-refractivity contribution is 7.86. The standard InChI is InChI=1S/C30H36N2O6S/c1-22-7-16-27(17-8-22)39(34,35)38-23(2)19-20-36-28-18-13-25(21-31-28)10-9-24-11-14-26(15-12-24)32(6)29(33)37-30(3,4)5/h7-18,21,23H,19-20H2,1-6H3. The maximum Gasteiger partial charge on any atom is 0.414 e. The molecule has 39 heavy (non-hydrogen) atoms. The van der Waals surface area contributed by atoms with E-state index in [1.165, 1.54) is 17.0 Å². The van der Waals surface area contributed by atoms with Gasteiger partial charge in [-0.3, -0.25) is 9.08 Å². The molecule has 0 bridgehead atoms. The van der Waals surface area contributed by atoms with Crippen LogP contribution < -0.4 is 9.64 Å². The SMILES string of the molecule is Cc1ccc(S(=O)(=O)OC(C)CCOc2ccc(C=Cc3ccc(N(C)C(=O)OC(C)(C)C)cc3)cn2)cc1. The summed E-state index contributed by atoms with van der Waals surface area (Å²) in [5.41, 5.74) is 3.00. The van der Waals surface area contributed by atoms with Gasteiger partial charge in [0, 0.05) is 31.4 Å². The first-order chi connectivity index (χ1) is 18.3. The fraction of sp³-hybridized carbons (Fsp3) is 0.333. The highest BCUT2D eigenvalue weighted by Gasteiger charge is 2.21. The zero-order valence-electron chi connectivity index (χ0n) is 23.2. The Balaban J connectivity index is 1.47. The van der Waals surface area contributed by atoms with E-state index in [4.69, 9.17) is 13.7 Å². The van der Waals surface area contributed by atoms with Gasteiger partial charge in [0.1, 0.15) is 5.60 Å². The number of carbonyl (C=O) groups excluding carboxylic acids is 1. The number of anilines is 1. The summed E-state index contributed by atoms with van der Waals surface area (Å²) in [6.45, 7) is 9.34. The summed E-state index contributed by atoms with van der Waals surface area (Å²) in [6.07, 6.45) is 4.99. The van der Waals surface area contributed by atoms with Gasteiger partial charge in [0.2, 0.25) is 5.88 Å². The number of hydrogen-bond donors (Lipinski definition) is 0. The van der Waals surface area contributed by atoms with Gasteiger partial charge in [-0.2, -0.15) is 8.42 Å². The molecule has 1 aromatic heterocycles. The van der Waals surface area contributed by atoms with Crippen LogP contribution in [0.3, 0.4) is 0 Å². The van der Waals surface area contributed by atoms with Crippen molar-refractivity contribution in [3.05, 3.63) is 83.6 Å². The van der Waals surface area contributed by atoms with Crippen LogP contribution in [0.4, 0.5) is 10.5 Å². The summed E-state index contributed by atoms with van der Waals surface area (Å²) in [5.74, 6) is 0.440. The number of pyridine rings is 1. The van der Waals surface area contributed by atoms with Gasteiger partial charge >= 0.3 is 6.09 Å². The predicted molar refractivity (Wildman–Crippen MR) is 153 cm³/mol. The van der Waals surface area contributed by atoms with E-state index in [-0.39, 0.29) is 11.5 Å². The molecule has 1 atom stereocenters. The first-order valence-corrected chi connectivity index (χ1v) is 14.1. The molecular weight excluding hydrogens is 516 g/mol. The van der Waals surface area contributed by atoms with Gasteiger partial charge in [0.15, 0.2) is 0 Å². The third kappa shape index (κ3) is 9.53. The van der Waals surface area contributed by atoms with Crippen molar-refractivity contribution in [2.75, 3.05) is 18.6 Å². The number of hydrogen-bond acceptors (Lipinski definition) is 7. The highest BCUT2D eigenvalue weighted by Crippen LogP contribution is 2.20. The van der Waals surface area contributed by atoms with Crippen molar-refractivity contribution in [1.29, 1.82) is 0 Å². The summed E-state index contributed by atoms with van der Waals surface area (Å²) in [6, 6.07) is 17.7. The second-order valence-corrected chi connectivity index (χ2v) is 11.8. The molecular formula is C30H36N2O6S. The third-order valence-electron chi connectivity index (χ3n) is 5.55. The Kier molecular flexibility index (Phi) is 9.88. The van der Waals surface area contributed by atoms with Crippen LogP contribution in [-0.2, 0) is 19.0 Å². The zero-order valence-corrected chi connectivity index (χ0v) is 24.1. The van der Waals surface area contributed by atoms with Gasteiger partial charge in [0.25, 0.3) is 10.1 Å². The molecule has 0 aliphatic carbocycles. The van der Waals surface area contributed by atoms with Crippen molar-refractivity contribution in [2.24, 2.45) is 0 Å². The van der Waals surface area contributed by atoms with Crippen LogP contribution in [0.15, 0.2) is 71.8 Å². The van der Waals surface area contributed by atoms with Crippen molar-refractivity contribution in [1.82, 2.24) is 4.98 Å². The molecule has 0 saturated heterocycles. The maximum absolute atomic E-state index is 12.4. The fourth-order valence-electron chi connectivity index (χ4n) is 3.37. The lowest BCUT2D eigenvalue weighted by atomic mass is 10.1. The first-order valence-electron chi connectivity index (χ1n) is 12.7. The average molecular weight is 553 g/mol. The summed E-state index contributed by atoms with van der Waals surface area (Å²) in [4.78, 5) is 18.2. The lowest BCUT2D eigenvalue weighted by molar-refractivity contribution is 0.0589. The van der Waals surface area contributed by atoms with E-state index < -0.39 is 27.9 Å². The van der Waals surface area contributed by atoms with Gasteiger partial charge < -0.3 is 9.47 Å². The third-order valence-corrected chi connectivity index (χ3v) is 6.98. The highest BCUT2D eigenvalue weighted by atomic mass is 32.2. The Bertz CT molecular complexity index is 1360. The molecule has 0 N–H and O–H groups in total. The summed E-state index contributed by atoms with van der Waals surface area (Å²) < 4.78 is 41.2. The van der Waals surface area contributed by atoms with Crippen LogP contribution in [0, 0.1) is 6.92 Å². The number of benzene rings is 2. The second-order valence-electron chi connectivity index (χ2n) is 10.2. The van der Waals surface area contributed by atoms with E-state index in [1.807, 2.05) is 70.2 Å². The van der Waals surface area contributed by atoms with E-state index >= 15 is 0 Å². The Morgan fingerprint density at radius 2 is 1.59 bits per heavy atom. The molecule has 0 aliphatic rings. The Labute approximate surface area is 231 Å². The van der Waals surface area contributed by atoms with Crippen LogP contribution in [0.5, 0.6) is 5.88 Å². The smallest absolute Gasteiger partial charge is 0.414 e. The van der Waals surface area contributed by atoms with Gasteiger partial charge in [-0.15, -0.1) is 0 Å². The Morgan fingerprint density at radius 1 is 0.974 bits per heavy atom. The van der Waals surface area contributed by atoms with Gasteiger partial charge in [-0.25, -0.2) is 9.78 Å². The Hall–Kier alpha value is -3.69. The second kappa shape index (κ2) is 12.9. The molecule has 0 aliphatic heterocycles. The zero-order chi connectivity index (χ0) is 28.6. The van der Waals surface area contributed by atoms with Crippen LogP contribution in [0.25, 0.3) is 12.2 Å². The number of amides is 1. The average Bonchev–Trinajstić information content (AvgIpc) is 2.87. The molecule has 0 radical (unpaired) electrons. The monoisotopic (exact) mass is 552 g/mol. The van der Waals surface area contributed by atoms with Crippen molar-refractivity contribution >= 4 is 34.1 Å². The normalized spacial score (nSPS) is 12.8. The number of carbonyl (C=O) groups is 1. The number of nitrogens with zero attached hydrogens (tertiary/aromatic N) is 2. The van der Waals surface area contributed by atoms with E-state index in [2.05, 4.69) is 4.98 Å². The molecule has 1 unspecified atom stereocenters. The molecule has 3 rings (SSSR count). The Morgan fingerprint density at radius 3 is 2.18 bits per heavy atom. The summed E-state index contributed by atoms with van der Waals surface area (Å²) in [7, 11) is -2.15. The lowest BCUT2D eigenvalue weighted by Crippen LogP contribution is -2.34. The lowest BCUT2D eigenvalue weighted by Gasteiger charge is -2.24. The van der Waals surface area contributed by atoms with E-state index in [9.17, 15) is 13.2 Å². The summed E-state index contributed by atoms with van der Waals surface area (Å²) in [5, 5.41) is 0. The van der Waals surface area contributed by atoms with Crippen LogP contribution in [-0.4, -0.2) is 44.9 Å². The minimum Gasteiger partial charge on any atom is -0.478 e. The van der Waals surface area contributed by atoms with E-state index in [1.54, 1.807) is 38.4 Å². The molecule has 0 fully saturated rings. The largest absolute Gasteiger partial charge is 0.478 e. The minimum absolute atomic E-state index is 0.134. The first kappa shape index (κ1) is 29.9. The van der Waals surface area contributed by atoms with Gasteiger partial charge in [0.05, 0.1) is 17.6 Å². The molecule has 208 valence electrons. The molecule has 9 heteroatoms. The quantitative estimate of drug-likeness (QED) is 0.265. The van der Waals surface area contributed by atoms with E-state index in [0.29, 0.717) is 12.3 Å². The molecule has 8 nitrogen and oxygen atoms in total. The van der Waals surface area contributed by atoms with Crippen molar-refractivity contribution < 1.29 is 26.9 Å². The van der Waals surface area contributed by atoms with E-state index in [0.717, 1.165) is 22.4 Å². The number of ether oxygens (including phenoxy) is 2. The molecule has 3 aromatic rings. The predicted octanol–water partition coefficient (Wildman–Crippen LogP) is 6.49. The van der Waals surface area contributed by atoms with Crippen LogP contribution >= 0.6 is 0 Å². The summed E-state index contributed by atoms with van der Waals surface area (Å²) >= 11 is 0. The van der Waals surface area contributed by atoms with Crippen LogP contribution in [0.1, 0.15) is 50.8 Å².